The molecule has 1 aliphatic heterocycles. The van der Waals surface area contributed by atoms with Gasteiger partial charge in [0.05, 0.1) is 11.4 Å². The number of sulfonamides is 1. The number of amides is 1. The van der Waals surface area contributed by atoms with Crippen LogP contribution < -0.4 is 5.32 Å². The van der Waals surface area contributed by atoms with Crippen LogP contribution in [0.3, 0.4) is 0 Å². The molecule has 2 rings (SSSR count). The van der Waals surface area contributed by atoms with E-state index in [1.165, 1.54) is 10.7 Å². The summed E-state index contributed by atoms with van der Waals surface area (Å²) in [6.07, 6.45) is 4.54. The Kier molecular flexibility index (Phi) is 7.61. The van der Waals surface area contributed by atoms with Crippen molar-refractivity contribution >= 4 is 21.6 Å². The van der Waals surface area contributed by atoms with Crippen molar-refractivity contribution in [2.75, 3.05) is 31.5 Å². The Labute approximate surface area is 157 Å². The predicted molar refractivity (Wildman–Crippen MR) is 105 cm³/mol. The van der Waals surface area contributed by atoms with Gasteiger partial charge >= 0.3 is 0 Å². The van der Waals surface area contributed by atoms with Gasteiger partial charge in [-0.2, -0.15) is 4.31 Å². The van der Waals surface area contributed by atoms with E-state index < -0.39 is 10.0 Å². The van der Waals surface area contributed by atoms with E-state index >= 15 is 0 Å². The first-order valence-corrected chi connectivity index (χ1v) is 11.0. The van der Waals surface area contributed by atoms with Gasteiger partial charge in [0.1, 0.15) is 0 Å². The van der Waals surface area contributed by atoms with Gasteiger partial charge in [-0.3, -0.25) is 9.69 Å². The van der Waals surface area contributed by atoms with Crippen molar-refractivity contribution in [3.8, 4) is 0 Å². The maximum atomic E-state index is 12.6. The summed E-state index contributed by atoms with van der Waals surface area (Å²) >= 11 is 0. The van der Waals surface area contributed by atoms with Gasteiger partial charge in [-0.05, 0) is 44.0 Å². The molecule has 1 aromatic rings. The van der Waals surface area contributed by atoms with E-state index in [4.69, 9.17) is 0 Å². The van der Waals surface area contributed by atoms with Crippen molar-refractivity contribution < 1.29 is 13.2 Å². The number of nitrogens with zero attached hydrogens (tertiary/aromatic N) is 2. The molecule has 0 bridgehead atoms. The Morgan fingerprint density at radius 3 is 2.62 bits per heavy atom. The molecule has 1 fully saturated rings. The molecule has 26 heavy (non-hydrogen) atoms. The number of carbonyl (C=O) groups is 1. The van der Waals surface area contributed by atoms with Gasteiger partial charge < -0.3 is 5.32 Å². The van der Waals surface area contributed by atoms with E-state index in [0.29, 0.717) is 31.4 Å². The summed E-state index contributed by atoms with van der Waals surface area (Å²) in [5.74, 6) is -0.0947. The molecule has 0 radical (unpaired) electrons. The van der Waals surface area contributed by atoms with Crippen LogP contribution in [0.25, 0.3) is 0 Å². The van der Waals surface area contributed by atoms with Gasteiger partial charge in [-0.1, -0.05) is 33.3 Å². The predicted octanol–water partition coefficient (Wildman–Crippen LogP) is 2.92. The van der Waals surface area contributed by atoms with Gasteiger partial charge in [0.15, 0.2) is 0 Å². The van der Waals surface area contributed by atoms with Crippen molar-refractivity contribution in [2.24, 2.45) is 0 Å². The van der Waals surface area contributed by atoms with E-state index in [0.717, 1.165) is 25.8 Å². The third-order valence-corrected chi connectivity index (χ3v) is 7.07. The minimum Gasteiger partial charge on any atom is -0.325 e. The lowest BCUT2D eigenvalue weighted by molar-refractivity contribution is -0.118. The molecule has 146 valence electrons. The number of piperidine rings is 1. The summed E-state index contributed by atoms with van der Waals surface area (Å²) in [7, 11) is -3.53. The fraction of sp³-hybridized carbons (Fsp3) is 0.632. The molecule has 7 heteroatoms. The van der Waals surface area contributed by atoms with Gasteiger partial charge in [-0.25, -0.2) is 8.42 Å². The lowest BCUT2D eigenvalue weighted by Gasteiger charge is -2.34. The van der Waals surface area contributed by atoms with Crippen LogP contribution in [0.15, 0.2) is 29.2 Å². The van der Waals surface area contributed by atoms with Crippen molar-refractivity contribution in [3.05, 3.63) is 24.3 Å². The number of hydrogen-bond donors (Lipinski definition) is 1. The van der Waals surface area contributed by atoms with Crippen molar-refractivity contribution in [2.45, 2.75) is 57.4 Å². The minimum atomic E-state index is -3.53. The normalized spacial score (nSPS) is 18.8. The quantitative estimate of drug-likeness (QED) is 0.752. The zero-order chi connectivity index (χ0) is 19.2. The van der Waals surface area contributed by atoms with Gasteiger partial charge in [-0.15, -0.1) is 0 Å². The van der Waals surface area contributed by atoms with Gasteiger partial charge in [0, 0.05) is 24.8 Å². The number of nitrogens with one attached hydrogen (secondary N) is 1. The second-order valence-corrected chi connectivity index (χ2v) is 8.63. The average molecular weight is 382 g/mol. The van der Waals surface area contributed by atoms with Crippen molar-refractivity contribution in [3.63, 3.8) is 0 Å². The number of carbonyl (C=O) groups excluding carboxylic acids is 1. The van der Waals surface area contributed by atoms with E-state index in [9.17, 15) is 13.2 Å². The average Bonchev–Trinajstić information content (AvgIpc) is 2.63. The highest BCUT2D eigenvalue weighted by Crippen LogP contribution is 2.21. The van der Waals surface area contributed by atoms with Crippen LogP contribution in [-0.4, -0.2) is 55.8 Å². The molecule has 0 saturated carbocycles. The van der Waals surface area contributed by atoms with Crippen LogP contribution in [0.2, 0.25) is 0 Å². The molecular weight excluding hydrogens is 350 g/mol. The SMILES string of the molecule is CCC1CCCCN1CC(=O)Nc1cccc(S(=O)(=O)N(CC)CC)c1. The highest BCUT2D eigenvalue weighted by molar-refractivity contribution is 7.89. The molecule has 1 unspecified atom stereocenters. The summed E-state index contributed by atoms with van der Waals surface area (Å²) in [5, 5.41) is 2.86. The summed E-state index contributed by atoms with van der Waals surface area (Å²) in [4.78, 5) is 14.9. The third-order valence-electron chi connectivity index (χ3n) is 5.03. The first-order chi connectivity index (χ1) is 12.4. The molecule has 0 aliphatic carbocycles. The Balaban J connectivity index is 2.07. The first kappa shape index (κ1) is 20.9. The molecule has 1 aliphatic rings. The number of likely N-dealkylation sites (tertiary alicyclic amines) is 1. The highest BCUT2D eigenvalue weighted by atomic mass is 32.2. The summed E-state index contributed by atoms with van der Waals surface area (Å²) in [6, 6.07) is 6.97. The summed E-state index contributed by atoms with van der Waals surface area (Å²) in [5.41, 5.74) is 0.522. The van der Waals surface area contributed by atoms with E-state index in [2.05, 4.69) is 17.1 Å². The standard InChI is InChI=1S/C19H31N3O3S/c1-4-17-11-7-8-13-21(17)15-19(23)20-16-10-9-12-18(14-16)26(24,25)22(5-2)6-3/h9-10,12,14,17H,4-8,11,13,15H2,1-3H3,(H,20,23). The fourth-order valence-corrected chi connectivity index (χ4v) is 5.07. The Morgan fingerprint density at radius 2 is 1.96 bits per heavy atom. The fourth-order valence-electron chi connectivity index (χ4n) is 3.56. The molecule has 0 aromatic heterocycles. The number of benzene rings is 1. The number of anilines is 1. The Morgan fingerprint density at radius 1 is 1.23 bits per heavy atom. The van der Waals surface area contributed by atoms with Crippen molar-refractivity contribution in [1.82, 2.24) is 9.21 Å². The molecular formula is C19H31N3O3S. The summed E-state index contributed by atoms with van der Waals surface area (Å²) < 4.78 is 26.7. The van der Waals surface area contributed by atoms with Crippen LogP contribution >= 0.6 is 0 Å². The molecule has 1 heterocycles. The topological polar surface area (TPSA) is 69.7 Å². The molecule has 1 aromatic carbocycles. The number of hydrogen-bond acceptors (Lipinski definition) is 4. The zero-order valence-electron chi connectivity index (χ0n) is 16.1. The second kappa shape index (κ2) is 9.48. The first-order valence-electron chi connectivity index (χ1n) is 9.56. The highest BCUT2D eigenvalue weighted by Gasteiger charge is 2.24. The van der Waals surface area contributed by atoms with E-state index in [-0.39, 0.29) is 10.8 Å². The molecule has 6 nitrogen and oxygen atoms in total. The number of rotatable bonds is 8. The molecule has 1 atom stereocenters. The van der Waals surface area contributed by atoms with E-state index in [1.807, 2.05) is 13.8 Å². The Hall–Kier alpha value is -1.44. The maximum Gasteiger partial charge on any atom is 0.243 e. The zero-order valence-corrected chi connectivity index (χ0v) is 16.9. The summed E-state index contributed by atoms with van der Waals surface area (Å²) in [6.45, 7) is 7.92. The lowest BCUT2D eigenvalue weighted by atomic mass is 10.00. The molecule has 1 amide bonds. The van der Waals surface area contributed by atoms with Crippen molar-refractivity contribution in [1.29, 1.82) is 0 Å². The smallest absolute Gasteiger partial charge is 0.243 e. The van der Waals surface area contributed by atoms with Crippen LogP contribution in [0.5, 0.6) is 0 Å². The molecule has 0 spiro atoms. The van der Waals surface area contributed by atoms with Crippen LogP contribution in [0, 0.1) is 0 Å². The molecule has 1 N–H and O–H groups in total. The van der Waals surface area contributed by atoms with Crippen LogP contribution in [0.1, 0.15) is 46.5 Å². The van der Waals surface area contributed by atoms with E-state index in [1.54, 1.807) is 24.3 Å². The van der Waals surface area contributed by atoms with Crippen LogP contribution in [0.4, 0.5) is 5.69 Å². The Bertz CT molecular complexity index is 702. The third kappa shape index (κ3) is 5.05. The molecule has 1 saturated heterocycles. The lowest BCUT2D eigenvalue weighted by Crippen LogP contribution is -2.43. The minimum absolute atomic E-state index is 0.0947. The maximum absolute atomic E-state index is 12.6. The second-order valence-electron chi connectivity index (χ2n) is 6.69. The van der Waals surface area contributed by atoms with Gasteiger partial charge in [0.2, 0.25) is 15.9 Å². The largest absolute Gasteiger partial charge is 0.325 e. The van der Waals surface area contributed by atoms with Crippen LogP contribution in [-0.2, 0) is 14.8 Å². The van der Waals surface area contributed by atoms with Gasteiger partial charge in [0.25, 0.3) is 0 Å². The monoisotopic (exact) mass is 381 g/mol.